The first-order chi connectivity index (χ1) is 7.26. The van der Waals surface area contributed by atoms with Gasteiger partial charge in [0.1, 0.15) is 11.7 Å². The molecule has 2 bridgehead atoms. The van der Waals surface area contributed by atoms with Crippen molar-refractivity contribution in [2.24, 2.45) is 11.8 Å². The van der Waals surface area contributed by atoms with Gasteiger partial charge in [0.25, 0.3) is 0 Å². The van der Waals surface area contributed by atoms with Crippen LogP contribution in [-0.2, 0) is 14.3 Å². The van der Waals surface area contributed by atoms with Crippen LogP contribution in [0.4, 0.5) is 0 Å². The summed E-state index contributed by atoms with van der Waals surface area (Å²) in [4.78, 5) is 12.0. The highest BCUT2D eigenvalue weighted by Gasteiger charge is 2.56. The van der Waals surface area contributed by atoms with Crippen LogP contribution in [0.3, 0.4) is 0 Å². The minimum absolute atomic E-state index is 0.0788. The van der Waals surface area contributed by atoms with Crippen LogP contribution < -0.4 is 0 Å². The molecule has 0 saturated carbocycles. The second-order valence-corrected chi connectivity index (χ2v) is 6.21. The van der Waals surface area contributed by atoms with E-state index in [0.29, 0.717) is 5.92 Å². The third-order valence-electron chi connectivity index (χ3n) is 4.00. The van der Waals surface area contributed by atoms with E-state index in [1.807, 2.05) is 13.8 Å². The summed E-state index contributed by atoms with van der Waals surface area (Å²) in [6, 6.07) is 0. The van der Waals surface area contributed by atoms with Crippen molar-refractivity contribution in [1.29, 1.82) is 0 Å². The van der Waals surface area contributed by atoms with Gasteiger partial charge in [-0.25, -0.2) is 0 Å². The topological polar surface area (TPSA) is 35.5 Å². The lowest BCUT2D eigenvalue weighted by molar-refractivity contribution is -0.203. The first kappa shape index (κ1) is 11.9. The zero-order valence-corrected chi connectivity index (χ0v) is 10.9. The third kappa shape index (κ3) is 1.65. The van der Waals surface area contributed by atoms with Crippen LogP contribution in [0, 0.1) is 11.8 Å². The molecule has 3 heterocycles. The van der Waals surface area contributed by atoms with E-state index in [0.717, 1.165) is 12.8 Å². The SMILES string of the molecule is CC(C)C1OC(=O)C2CCC1(C)OC2(C)C. The van der Waals surface area contributed by atoms with Crippen molar-refractivity contribution in [3.05, 3.63) is 0 Å². The summed E-state index contributed by atoms with van der Waals surface area (Å²) in [5.74, 6) is 0.107. The number of hydrogen-bond acceptors (Lipinski definition) is 3. The molecule has 0 spiro atoms. The van der Waals surface area contributed by atoms with Gasteiger partial charge in [0.2, 0.25) is 0 Å². The van der Waals surface area contributed by atoms with Crippen LogP contribution in [-0.4, -0.2) is 23.3 Å². The molecule has 3 saturated heterocycles. The molecule has 3 fully saturated rings. The fraction of sp³-hybridized carbons (Fsp3) is 0.923. The summed E-state index contributed by atoms with van der Waals surface area (Å²) in [6.45, 7) is 10.2. The van der Waals surface area contributed by atoms with Crippen molar-refractivity contribution >= 4 is 5.97 Å². The van der Waals surface area contributed by atoms with Crippen molar-refractivity contribution in [3.8, 4) is 0 Å². The highest BCUT2D eigenvalue weighted by molar-refractivity contribution is 5.75. The van der Waals surface area contributed by atoms with Gasteiger partial charge >= 0.3 is 5.97 Å². The average molecular weight is 226 g/mol. The van der Waals surface area contributed by atoms with Crippen LogP contribution in [0.5, 0.6) is 0 Å². The van der Waals surface area contributed by atoms with E-state index in [1.165, 1.54) is 0 Å². The molecule has 3 atom stereocenters. The third-order valence-corrected chi connectivity index (χ3v) is 4.00. The van der Waals surface area contributed by atoms with E-state index in [1.54, 1.807) is 0 Å². The van der Waals surface area contributed by atoms with Gasteiger partial charge in [0.05, 0.1) is 11.5 Å². The summed E-state index contributed by atoms with van der Waals surface area (Å²) < 4.78 is 11.8. The molecule has 3 rings (SSSR count). The second kappa shape index (κ2) is 3.46. The van der Waals surface area contributed by atoms with Crippen molar-refractivity contribution in [2.45, 2.75) is 64.8 Å². The van der Waals surface area contributed by atoms with Gasteiger partial charge in [-0.05, 0) is 39.5 Å². The first-order valence-electron chi connectivity index (χ1n) is 6.17. The van der Waals surface area contributed by atoms with Gasteiger partial charge in [0.15, 0.2) is 0 Å². The molecule has 3 aliphatic heterocycles. The summed E-state index contributed by atoms with van der Waals surface area (Å²) >= 11 is 0. The number of ether oxygens (including phenoxy) is 2. The lowest BCUT2D eigenvalue weighted by atomic mass is 9.77. The van der Waals surface area contributed by atoms with E-state index in [9.17, 15) is 4.79 Å². The van der Waals surface area contributed by atoms with Crippen LogP contribution in [0.15, 0.2) is 0 Å². The Morgan fingerprint density at radius 2 is 1.94 bits per heavy atom. The highest BCUT2D eigenvalue weighted by atomic mass is 16.6. The minimum atomic E-state index is -0.395. The maximum atomic E-state index is 12.0. The lowest BCUT2D eigenvalue weighted by Crippen LogP contribution is -2.53. The van der Waals surface area contributed by atoms with Gasteiger partial charge in [-0.15, -0.1) is 0 Å². The predicted molar refractivity (Wildman–Crippen MR) is 61.0 cm³/mol. The molecule has 3 heteroatoms. The molecule has 92 valence electrons. The number of rotatable bonds is 1. The van der Waals surface area contributed by atoms with Crippen LogP contribution in [0.2, 0.25) is 0 Å². The molecule has 3 unspecified atom stereocenters. The largest absolute Gasteiger partial charge is 0.459 e. The molecule has 0 aromatic heterocycles. The summed E-state index contributed by atoms with van der Waals surface area (Å²) in [7, 11) is 0. The van der Waals surface area contributed by atoms with Crippen LogP contribution in [0.25, 0.3) is 0 Å². The summed E-state index contributed by atoms with van der Waals surface area (Å²) in [5.41, 5.74) is -0.714. The number of fused-ring (bicyclic) bond motifs is 4. The normalized spacial score (nSPS) is 42.0. The Morgan fingerprint density at radius 1 is 1.31 bits per heavy atom. The van der Waals surface area contributed by atoms with E-state index in [-0.39, 0.29) is 23.6 Å². The number of carbonyl (C=O) groups excluding carboxylic acids is 1. The fourth-order valence-corrected chi connectivity index (χ4v) is 3.28. The molecular formula is C13H22O3. The molecule has 0 amide bonds. The van der Waals surface area contributed by atoms with Crippen molar-refractivity contribution in [1.82, 2.24) is 0 Å². The first-order valence-corrected chi connectivity index (χ1v) is 6.17. The van der Waals surface area contributed by atoms with Gasteiger partial charge in [0, 0.05) is 0 Å². The van der Waals surface area contributed by atoms with Gasteiger partial charge < -0.3 is 9.47 Å². The Balaban J connectivity index is 2.40. The quantitative estimate of drug-likeness (QED) is 0.644. The molecule has 0 radical (unpaired) electrons. The van der Waals surface area contributed by atoms with Crippen LogP contribution >= 0.6 is 0 Å². The van der Waals surface area contributed by atoms with Crippen LogP contribution in [0.1, 0.15) is 47.5 Å². The van der Waals surface area contributed by atoms with Crippen molar-refractivity contribution in [2.75, 3.05) is 0 Å². The number of hydrogen-bond donors (Lipinski definition) is 0. The molecule has 0 aliphatic carbocycles. The fourth-order valence-electron chi connectivity index (χ4n) is 3.28. The Bertz CT molecular complexity index is 308. The average Bonchev–Trinajstić information content (AvgIpc) is 2.26. The van der Waals surface area contributed by atoms with Gasteiger partial charge in [-0.3, -0.25) is 4.79 Å². The molecule has 3 aliphatic rings. The van der Waals surface area contributed by atoms with E-state index in [2.05, 4.69) is 20.8 Å². The highest BCUT2D eigenvalue weighted by Crippen LogP contribution is 2.47. The molecule has 0 aromatic rings. The van der Waals surface area contributed by atoms with E-state index in [4.69, 9.17) is 9.47 Å². The Morgan fingerprint density at radius 3 is 2.44 bits per heavy atom. The smallest absolute Gasteiger partial charge is 0.312 e. The van der Waals surface area contributed by atoms with E-state index < -0.39 is 5.60 Å². The molecule has 0 N–H and O–H groups in total. The monoisotopic (exact) mass is 226 g/mol. The molecule has 0 aromatic carbocycles. The van der Waals surface area contributed by atoms with Gasteiger partial charge in [-0.2, -0.15) is 0 Å². The van der Waals surface area contributed by atoms with Crippen molar-refractivity contribution < 1.29 is 14.3 Å². The lowest BCUT2D eigenvalue weighted by Gasteiger charge is -2.45. The molecule has 3 nitrogen and oxygen atoms in total. The molecular weight excluding hydrogens is 204 g/mol. The predicted octanol–water partition coefficient (Wildman–Crippen LogP) is 2.53. The Hall–Kier alpha value is -0.570. The maximum Gasteiger partial charge on any atom is 0.312 e. The minimum Gasteiger partial charge on any atom is -0.459 e. The number of carbonyl (C=O) groups is 1. The summed E-state index contributed by atoms with van der Waals surface area (Å²) in [6.07, 6.45) is 1.67. The standard InChI is InChI=1S/C13H22O3/c1-8(2)10-13(5)7-6-9(11(14)15-10)12(3,4)16-13/h8-10H,6-7H2,1-5H3. The second-order valence-electron chi connectivity index (χ2n) is 6.21. The zero-order chi connectivity index (χ0) is 12.1. The van der Waals surface area contributed by atoms with Crippen molar-refractivity contribution in [3.63, 3.8) is 0 Å². The Kier molecular flexibility index (Phi) is 2.57. The summed E-state index contributed by atoms with van der Waals surface area (Å²) in [5, 5.41) is 0. The van der Waals surface area contributed by atoms with E-state index >= 15 is 0 Å². The Labute approximate surface area is 97.5 Å². The molecule has 16 heavy (non-hydrogen) atoms. The zero-order valence-electron chi connectivity index (χ0n) is 10.9. The van der Waals surface area contributed by atoms with Gasteiger partial charge in [-0.1, -0.05) is 13.8 Å². The maximum absolute atomic E-state index is 12.0. The number of esters is 1.